The van der Waals surface area contributed by atoms with Crippen LogP contribution in [0.4, 0.5) is 0 Å². The van der Waals surface area contributed by atoms with E-state index in [0.29, 0.717) is 0 Å². The summed E-state index contributed by atoms with van der Waals surface area (Å²) >= 11 is 0. The Balaban J connectivity index is 0.000000980. The minimum absolute atomic E-state index is 0. The molecule has 4 nitrogen and oxygen atoms in total. The van der Waals surface area contributed by atoms with Crippen LogP contribution in [0.25, 0.3) is 46.4 Å². The molecule has 0 aromatic carbocycles. The summed E-state index contributed by atoms with van der Waals surface area (Å²) < 4.78 is 0. The maximum absolute atomic E-state index is 4.63. The third kappa shape index (κ3) is 4.97. The van der Waals surface area contributed by atoms with Crippen molar-refractivity contribution < 1.29 is 0 Å². The highest BCUT2D eigenvalue weighted by atomic mass is 35.5. The van der Waals surface area contributed by atoms with Gasteiger partial charge in [0, 0.05) is 22.1 Å². The molecule has 8 heteroatoms. The first-order valence-electron chi connectivity index (χ1n) is 7.85. The molecular weight excluding hydrogens is 438 g/mol. The molecule has 0 atom stereocenters. The molecule has 0 unspecified atom stereocenters. The van der Waals surface area contributed by atoms with Crippen molar-refractivity contribution in [3.63, 3.8) is 0 Å². The Morgan fingerprint density at radius 3 is 0.929 bits per heavy atom. The molecule has 0 saturated heterocycles. The summed E-state index contributed by atoms with van der Waals surface area (Å²) in [4.78, 5) is 16.0. The summed E-state index contributed by atoms with van der Waals surface area (Å²) in [5.74, 6) is 0. The molecule has 0 saturated carbocycles. The summed E-state index contributed by atoms with van der Waals surface area (Å²) in [6.07, 6.45) is 8.09. The van der Waals surface area contributed by atoms with Gasteiger partial charge in [0.2, 0.25) is 0 Å². The van der Waals surface area contributed by atoms with Crippen molar-refractivity contribution in [3.05, 3.63) is 71.3 Å². The largest absolute Gasteiger partial charge is 0.355 e. The highest BCUT2D eigenvalue weighted by Gasteiger charge is 2.00. The Hall–Kier alpha value is -2.24. The zero-order valence-corrected chi connectivity index (χ0v) is 17.7. The summed E-state index contributed by atoms with van der Waals surface area (Å²) in [6.45, 7) is 0. The number of hydrogen-bond donors (Lipinski definition) is 2. The van der Waals surface area contributed by atoms with E-state index in [2.05, 4.69) is 44.2 Å². The molecule has 0 spiro atoms. The predicted octanol–water partition coefficient (Wildman–Crippen LogP) is 6.34. The fourth-order valence-electron chi connectivity index (χ4n) is 2.94. The Bertz CT molecular complexity index is 1000. The molecular formula is C20H18Cl4N4. The van der Waals surface area contributed by atoms with E-state index in [1.54, 1.807) is 0 Å². The molecule has 8 bridgehead atoms. The van der Waals surface area contributed by atoms with Crippen LogP contribution in [0.15, 0.2) is 48.5 Å². The quantitative estimate of drug-likeness (QED) is 0.286. The molecule has 5 heterocycles. The lowest BCUT2D eigenvalue weighted by Gasteiger charge is -1.85. The molecule has 3 aromatic heterocycles. The molecule has 5 rings (SSSR count). The average molecular weight is 456 g/mol. The molecule has 2 aliphatic rings. The number of aromatic nitrogens is 4. The number of aromatic amines is 2. The van der Waals surface area contributed by atoms with Gasteiger partial charge in [0.25, 0.3) is 0 Å². The fourth-order valence-corrected chi connectivity index (χ4v) is 2.94. The van der Waals surface area contributed by atoms with Crippen molar-refractivity contribution in [1.29, 1.82) is 0 Å². The van der Waals surface area contributed by atoms with Crippen molar-refractivity contribution in [2.45, 2.75) is 0 Å². The first kappa shape index (κ1) is 23.8. The van der Waals surface area contributed by atoms with Crippen LogP contribution in [0.5, 0.6) is 0 Å². The van der Waals surface area contributed by atoms with Crippen molar-refractivity contribution >= 4 is 96.0 Å². The maximum Gasteiger partial charge on any atom is 0.0658 e. The highest BCUT2D eigenvalue weighted by Crippen LogP contribution is 2.16. The molecule has 2 aliphatic heterocycles. The first-order valence-corrected chi connectivity index (χ1v) is 7.85. The van der Waals surface area contributed by atoms with Crippen LogP contribution >= 0.6 is 49.6 Å². The smallest absolute Gasteiger partial charge is 0.0658 e. The molecule has 0 aliphatic carbocycles. The molecule has 28 heavy (non-hydrogen) atoms. The Morgan fingerprint density at radius 2 is 0.679 bits per heavy atom. The lowest BCUT2D eigenvalue weighted by molar-refractivity contribution is 1.31. The zero-order valence-electron chi connectivity index (χ0n) is 14.5. The van der Waals surface area contributed by atoms with E-state index in [1.807, 2.05) is 48.6 Å². The summed E-state index contributed by atoms with van der Waals surface area (Å²) in [6, 6.07) is 16.4. The Morgan fingerprint density at radius 1 is 0.429 bits per heavy atom. The second-order valence-corrected chi connectivity index (χ2v) is 5.91. The second-order valence-electron chi connectivity index (χ2n) is 5.91. The van der Waals surface area contributed by atoms with Gasteiger partial charge in [-0.1, -0.05) is 0 Å². The van der Waals surface area contributed by atoms with Crippen molar-refractivity contribution in [3.8, 4) is 0 Å². The van der Waals surface area contributed by atoms with Crippen LogP contribution in [0.2, 0.25) is 0 Å². The fraction of sp³-hybridized carbons (Fsp3) is 0. The third-order valence-corrected chi connectivity index (χ3v) is 4.04. The van der Waals surface area contributed by atoms with E-state index in [4.69, 9.17) is 0 Å². The van der Waals surface area contributed by atoms with Gasteiger partial charge in [0.15, 0.2) is 0 Å². The topological polar surface area (TPSA) is 57.4 Å². The minimum Gasteiger partial charge on any atom is -0.355 e. The number of H-pyrrole nitrogens is 2. The van der Waals surface area contributed by atoms with Crippen molar-refractivity contribution in [1.82, 2.24) is 19.9 Å². The third-order valence-electron chi connectivity index (χ3n) is 4.04. The van der Waals surface area contributed by atoms with Gasteiger partial charge in [-0.3, -0.25) is 0 Å². The average Bonchev–Trinajstić information content (AvgIpc) is 3.32. The van der Waals surface area contributed by atoms with Crippen LogP contribution in [-0.4, -0.2) is 19.9 Å². The monoisotopic (exact) mass is 454 g/mol. The molecule has 3 aromatic rings. The van der Waals surface area contributed by atoms with E-state index < -0.39 is 0 Å². The number of nitrogens with one attached hydrogen (secondary N) is 2. The van der Waals surface area contributed by atoms with Crippen molar-refractivity contribution in [2.75, 3.05) is 0 Å². The lowest BCUT2D eigenvalue weighted by Crippen LogP contribution is -1.75. The van der Waals surface area contributed by atoms with Gasteiger partial charge in [-0.15, -0.1) is 49.6 Å². The second kappa shape index (κ2) is 9.80. The predicted molar refractivity (Wildman–Crippen MR) is 128 cm³/mol. The zero-order chi connectivity index (χ0) is 15.9. The van der Waals surface area contributed by atoms with Gasteiger partial charge in [-0.25, -0.2) is 9.97 Å². The van der Waals surface area contributed by atoms with Gasteiger partial charge in [0.1, 0.15) is 0 Å². The Labute approximate surface area is 186 Å². The first-order chi connectivity index (χ1) is 11.8. The number of hydrogen-bond acceptors (Lipinski definition) is 2. The van der Waals surface area contributed by atoms with E-state index in [-0.39, 0.29) is 49.6 Å². The summed E-state index contributed by atoms with van der Waals surface area (Å²) in [5.41, 5.74) is 7.86. The van der Waals surface area contributed by atoms with E-state index >= 15 is 0 Å². The summed E-state index contributed by atoms with van der Waals surface area (Å²) in [7, 11) is 0. The number of nitrogens with zero attached hydrogens (tertiary/aromatic N) is 2. The minimum atomic E-state index is 0. The van der Waals surface area contributed by atoms with Gasteiger partial charge in [-0.05, 0) is 72.8 Å². The number of fused-ring (bicyclic) bond motifs is 8. The SMILES string of the molecule is C1=Cc2cc3ccc(cc4nc(cc5ccc(cc1n2)[nH]5)C=C4)[nH]3.Cl.Cl.Cl.Cl. The molecule has 2 N–H and O–H groups in total. The van der Waals surface area contributed by atoms with Gasteiger partial charge in [0.05, 0.1) is 22.8 Å². The Kier molecular flexibility index (Phi) is 8.33. The van der Waals surface area contributed by atoms with Gasteiger partial charge < -0.3 is 9.97 Å². The molecule has 0 amide bonds. The standard InChI is InChI=1S/C20H14N4.4ClH/c1-2-14-10-16-5-6-18(23-16)12-20-8-7-19(24-20)11-17-4-3-15(22-17)9-13(1)21-14;;;;/h1-12,21,24H;4*1H. The molecule has 146 valence electrons. The van der Waals surface area contributed by atoms with Crippen LogP contribution in [0.3, 0.4) is 0 Å². The van der Waals surface area contributed by atoms with Crippen molar-refractivity contribution in [2.24, 2.45) is 0 Å². The van der Waals surface area contributed by atoms with E-state index in [9.17, 15) is 0 Å². The van der Waals surface area contributed by atoms with Gasteiger partial charge >= 0.3 is 0 Å². The summed E-state index contributed by atoms with van der Waals surface area (Å²) in [5, 5.41) is 0. The number of halogens is 4. The van der Waals surface area contributed by atoms with Crippen LogP contribution in [-0.2, 0) is 0 Å². The van der Waals surface area contributed by atoms with Crippen LogP contribution < -0.4 is 0 Å². The maximum atomic E-state index is 4.63. The number of rotatable bonds is 0. The van der Waals surface area contributed by atoms with Crippen LogP contribution in [0.1, 0.15) is 22.8 Å². The highest BCUT2D eigenvalue weighted by molar-refractivity contribution is 5.86. The normalized spacial score (nSPS) is 10.9. The molecule has 0 radical (unpaired) electrons. The van der Waals surface area contributed by atoms with Crippen LogP contribution in [0, 0.1) is 0 Å². The van der Waals surface area contributed by atoms with E-state index in [1.165, 1.54) is 0 Å². The lowest BCUT2D eigenvalue weighted by atomic mass is 10.3. The van der Waals surface area contributed by atoms with E-state index in [0.717, 1.165) is 44.8 Å². The van der Waals surface area contributed by atoms with Gasteiger partial charge in [-0.2, -0.15) is 0 Å². The molecule has 0 fully saturated rings.